The molecule has 23 heavy (non-hydrogen) atoms. The lowest BCUT2D eigenvalue weighted by Gasteiger charge is -2.07. The highest BCUT2D eigenvalue weighted by atomic mass is 32.2. The Kier molecular flexibility index (Phi) is 6.10. The van der Waals surface area contributed by atoms with Gasteiger partial charge in [-0.3, -0.25) is 9.48 Å². The molecule has 0 saturated carbocycles. The summed E-state index contributed by atoms with van der Waals surface area (Å²) in [5.74, 6) is 1.12. The zero-order valence-corrected chi connectivity index (χ0v) is 14.9. The molecule has 1 aromatic carbocycles. The molecule has 0 aliphatic rings. The van der Waals surface area contributed by atoms with Gasteiger partial charge in [-0.1, -0.05) is 13.0 Å². The average Bonchev–Trinajstić information content (AvgIpc) is 2.81. The molecular weight excluding hydrogens is 310 g/mol. The van der Waals surface area contributed by atoms with Gasteiger partial charge in [0, 0.05) is 11.4 Å². The number of thioether (sulfide) groups is 1. The minimum absolute atomic E-state index is 0.0277. The monoisotopic (exact) mass is 333 g/mol. The second-order valence-corrected chi connectivity index (χ2v) is 6.33. The van der Waals surface area contributed by atoms with Crippen LogP contribution in [0, 0.1) is 13.8 Å². The van der Waals surface area contributed by atoms with Crippen LogP contribution >= 0.6 is 11.8 Å². The van der Waals surface area contributed by atoms with E-state index >= 15 is 0 Å². The predicted octanol–water partition coefficient (Wildman–Crippen LogP) is 3.65. The van der Waals surface area contributed by atoms with Crippen LogP contribution in [0.5, 0.6) is 5.75 Å². The van der Waals surface area contributed by atoms with Gasteiger partial charge in [-0.05, 0) is 38.5 Å². The van der Waals surface area contributed by atoms with Crippen LogP contribution < -0.4 is 10.1 Å². The van der Waals surface area contributed by atoms with Crippen LogP contribution in [0.25, 0.3) is 0 Å². The van der Waals surface area contributed by atoms with Gasteiger partial charge in [0.2, 0.25) is 5.91 Å². The van der Waals surface area contributed by atoms with Crippen molar-refractivity contribution in [1.82, 2.24) is 9.78 Å². The molecule has 2 aromatic rings. The van der Waals surface area contributed by atoms with Gasteiger partial charge in [0.15, 0.2) is 0 Å². The number of nitrogens with one attached hydrogen (secondary N) is 1. The van der Waals surface area contributed by atoms with Gasteiger partial charge in [0.1, 0.15) is 5.75 Å². The fourth-order valence-electron chi connectivity index (χ4n) is 2.32. The lowest BCUT2D eigenvalue weighted by molar-refractivity contribution is -0.113. The highest BCUT2D eigenvalue weighted by Crippen LogP contribution is 2.24. The smallest absolute Gasteiger partial charge is 0.234 e. The first-order valence-electron chi connectivity index (χ1n) is 7.65. The number of aromatic nitrogens is 2. The maximum Gasteiger partial charge on any atom is 0.234 e. The summed E-state index contributed by atoms with van der Waals surface area (Å²) in [4.78, 5) is 13.2. The van der Waals surface area contributed by atoms with Crippen molar-refractivity contribution in [2.24, 2.45) is 0 Å². The molecule has 0 saturated heterocycles. The quantitative estimate of drug-likeness (QED) is 0.786. The van der Waals surface area contributed by atoms with E-state index in [2.05, 4.69) is 17.3 Å². The Morgan fingerprint density at radius 2 is 2.17 bits per heavy atom. The second-order valence-electron chi connectivity index (χ2n) is 5.28. The van der Waals surface area contributed by atoms with Crippen molar-refractivity contribution < 1.29 is 9.53 Å². The Hall–Kier alpha value is -1.95. The number of amides is 1. The van der Waals surface area contributed by atoms with Crippen molar-refractivity contribution in [3.63, 3.8) is 0 Å². The van der Waals surface area contributed by atoms with Gasteiger partial charge in [0.05, 0.1) is 29.9 Å². The zero-order chi connectivity index (χ0) is 16.8. The van der Waals surface area contributed by atoms with Crippen LogP contribution in [0.2, 0.25) is 0 Å². The molecule has 2 rings (SSSR count). The maximum atomic E-state index is 12.2. The van der Waals surface area contributed by atoms with E-state index in [4.69, 9.17) is 4.74 Å². The number of anilines is 1. The van der Waals surface area contributed by atoms with Gasteiger partial charge in [0.25, 0.3) is 0 Å². The lowest BCUT2D eigenvalue weighted by atomic mass is 10.3. The first-order valence-corrected chi connectivity index (χ1v) is 8.64. The van der Waals surface area contributed by atoms with E-state index < -0.39 is 0 Å². The molecule has 0 atom stereocenters. The summed E-state index contributed by atoms with van der Waals surface area (Å²) in [5, 5.41) is 7.45. The van der Waals surface area contributed by atoms with Crippen molar-refractivity contribution in [3.05, 3.63) is 35.7 Å². The number of carbonyl (C=O) groups is 1. The summed E-state index contributed by atoms with van der Waals surface area (Å²) in [6, 6.07) is 7.70. The van der Waals surface area contributed by atoms with Crippen LogP contribution in [-0.2, 0) is 11.3 Å². The average molecular weight is 333 g/mol. The van der Waals surface area contributed by atoms with Crippen LogP contribution in [0.3, 0.4) is 0 Å². The third-order valence-electron chi connectivity index (χ3n) is 3.49. The van der Waals surface area contributed by atoms with Crippen LogP contribution in [-0.4, -0.2) is 28.6 Å². The molecule has 6 heteroatoms. The largest absolute Gasteiger partial charge is 0.497 e. The Labute approximate surface area is 141 Å². The van der Waals surface area contributed by atoms with E-state index in [1.807, 2.05) is 42.8 Å². The summed E-state index contributed by atoms with van der Waals surface area (Å²) in [6.07, 6.45) is 1.01. The van der Waals surface area contributed by atoms with Crippen LogP contribution in [0.4, 0.5) is 5.69 Å². The van der Waals surface area contributed by atoms with E-state index in [0.717, 1.165) is 40.7 Å². The SMILES string of the molecule is CCCn1nc(C)c(NC(=O)CSc2cccc(OC)c2)c1C. The molecule has 124 valence electrons. The number of hydrogen-bond acceptors (Lipinski definition) is 4. The highest BCUT2D eigenvalue weighted by molar-refractivity contribution is 8.00. The number of aryl methyl sites for hydroxylation is 2. The fraction of sp³-hybridized carbons (Fsp3) is 0.412. The summed E-state index contributed by atoms with van der Waals surface area (Å²) in [6.45, 7) is 6.88. The fourth-order valence-corrected chi connectivity index (χ4v) is 3.07. The number of hydrogen-bond donors (Lipinski definition) is 1. The van der Waals surface area contributed by atoms with Gasteiger partial charge in [-0.25, -0.2) is 0 Å². The van der Waals surface area contributed by atoms with Gasteiger partial charge in [-0.15, -0.1) is 11.8 Å². The van der Waals surface area contributed by atoms with Crippen molar-refractivity contribution >= 4 is 23.4 Å². The number of rotatable bonds is 7. The van der Waals surface area contributed by atoms with Crippen molar-refractivity contribution in [2.75, 3.05) is 18.2 Å². The normalized spacial score (nSPS) is 10.6. The first-order chi connectivity index (χ1) is 11.0. The third kappa shape index (κ3) is 4.51. The number of carbonyl (C=O) groups excluding carboxylic acids is 1. The minimum atomic E-state index is -0.0277. The molecular formula is C17H23N3O2S. The van der Waals surface area contributed by atoms with Gasteiger partial charge in [-0.2, -0.15) is 5.10 Å². The van der Waals surface area contributed by atoms with Crippen molar-refractivity contribution in [2.45, 2.75) is 38.6 Å². The molecule has 0 radical (unpaired) electrons. The Balaban J connectivity index is 1.97. The molecule has 0 aliphatic heterocycles. The Morgan fingerprint density at radius 3 is 2.87 bits per heavy atom. The molecule has 1 N–H and O–H groups in total. The molecule has 0 aliphatic carbocycles. The van der Waals surface area contributed by atoms with E-state index in [1.54, 1.807) is 7.11 Å². The highest BCUT2D eigenvalue weighted by Gasteiger charge is 2.14. The molecule has 1 aromatic heterocycles. The first kappa shape index (κ1) is 17.4. The molecule has 1 amide bonds. The Morgan fingerprint density at radius 1 is 1.39 bits per heavy atom. The minimum Gasteiger partial charge on any atom is -0.497 e. The van der Waals surface area contributed by atoms with Gasteiger partial charge >= 0.3 is 0 Å². The summed E-state index contributed by atoms with van der Waals surface area (Å²) < 4.78 is 7.13. The van der Waals surface area contributed by atoms with Crippen LogP contribution in [0.15, 0.2) is 29.2 Å². The summed E-state index contributed by atoms with van der Waals surface area (Å²) in [7, 11) is 1.63. The maximum absolute atomic E-state index is 12.2. The summed E-state index contributed by atoms with van der Waals surface area (Å²) in [5.41, 5.74) is 2.69. The number of methoxy groups -OCH3 is 1. The zero-order valence-electron chi connectivity index (χ0n) is 14.0. The third-order valence-corrected chi connectivity index (χ3v) is 4.49. The summed E-state index contributed by atoms with van der Waals surface area (Å²) >= 11 is 1.49. The standard InChI is InChI=1S/C17H23N3O2S/c1-5-9-20-13(3)17(12(2)19-20)18-16(21)11-23-15-8-6-7-14(10-15)22-4/h6-8,10H,5,9,11H2,1-4H3,(H,18,21). The topological polar surface area (TPSA) is 56.2 Å². The molecule has 0 fully saturated rings. The molecule has 0 bridgehead atoms. The number of ether oxygens (including phenoxy) is 1. The number of nitrogens with zero attached hydrogens (tertiary/aromatic N) is 2. The van der Waals surface area contributed by atoms with E-state index in [1.165, 1.54) is 11.8 Å². The Bertz CT molecular complexity index is 682. The van der Waals surface area contributed by atoms with E-state index in [-0.39, 0.29) is 5.91 Å². The van der Waals surface area contributed by atoms with Crippen molar-refractivity contribution in [3.8, 4) is 5.75 Å². The second kappa shape index (κ2) is 8.06. The molecule has 0 spiro atoms. The molecule has 1 heterocycles. The molecule has 5 nitrogen and oxygen atoms in total. The number of benzene rings is 1. The lowest BCUT2D eigenvalue weighted by Crippen LogP contribution is -2.15. The van der Waals surface area contributed by atoms with E-state index in [9.17, 15) is 4.79 Å². The van der Waals surface area contributed by atoms with E-state index in [0.29, 0.717) is 5.75 Å². The predicted molar refractivity (Wildman–Crippen MR) is 94.3 cm³/mol. The van der Waals surface area contributed by atoms with Crippen molar-refractivity contribution in [1.29, 1.82) is 0 Å². The van der Waals surface area contributed by atoms with Crippen LogP contribution in [0.1, 0.15) is 24.7 Å². The van der Waals surface area contributed by atoms with Gasteiger partial charge < -0.3 is 10.1 Å². The molecule has 0 unspecified atom stereocenters.